The molecule has 2 aromatic rings. The average Bonchev–Trinajstić information content (AvgIpc) is 2.94. The first-order valence-electron chi connectivity index (χ1n) is 6.09. The van der Waals surface area contributed by atoms with Gasteiger partial charge in [-0.3, -0.25) is 9.59 Å². The topological polar surface area (TPSA) is 80.4 Å². The highest BCUT2D eigenvalue weighted by molar-refractivity contribution is 5.93. The van der Waals surface area contributed by atoms with Gasteiger partial charge in [0.15, 0.2) is 11.5 Å². The van der Waals surface area contributed by atoms with E-state index >= 15 is 0 Å². The Hall–Kier alpha value is -2.76. The third-order valence-electron chi connectivity index (χ3n) is 2.98. The van der Waals surface area contributed by atoms with Crippen molar-refractivity contribution in [2.45, 2.75) is 6.54 Å². The normalized spacial score (nSPS) is 12.2. The zero-order valence-electron chi connectivity index (χ0n) is 10.5. The lowest BCUT2D eigenvalue weighted by Crippen LogP contribution is -2.28. The molecular formula is C14H12N2O4. The summed E-state index contributed by atoms with van der Waals surface area (Å²) in [4.78, 5) is 25.9. The number of rotatable bonds is 3. The van der Waals surface area contributed by atoms with E-state index in [2.05, 4.69) is 10.3 Å². The third kappa shape index (κ3) is 2.23. The van der Waals surface area contributed by atoms with E-state index in [0.717, 1.165) is 5.56 Å². The van der Waals surface area contributed by atoms with Crippen molar-refractivity contribution < 1.29 is 14.3 Å². The van der Waals surface area contributed by atoms with Crippen LogP contribution in [-0.4, -0.2) is 17.7 Å². The summed E-state index contributed by atoms with van der Waals surface area (Å²) >= 11 is 0. The maximum absolute atomic E-state index is 11.9. The van der Waals surface area contributed by atoms with Crippen LogP contribution in [-0.2, 0) is 6.54 Å². The van der Waals surface area contributed by atoms with Crippen LogP contribution in [0.1, 0.15) is 15.9 Å². The van der Waals surface area contributed by atoms with E-state index in [0.29, 0.717) is 11.5 Å². The first-order valence-corrected chi connectivity index (χ1v) is 6.09. The van der Waals surface area contributed by atoms with Gasteiger partial charge in [0.1, 0.15) is 5.56 Å². The maximum Gasteiger partial charge on any atom is 0.260 e. The Morgan fingerprint density at radius 3 is 3.00 bits per heavy atom. The van der Waals surface area contributed by atoms with Crippen LogP contribution in [0.2, 0.25) is 0 Å². The van der Waals surface area contributed by atoms with Crippen LogP contribution in [0.25, 0.3) is 0 Å². The van der Waals surface area contributed by atoms with Gasteiger partial charge in [0, 0.05) is 18.3 Å². The number of H-pyrrole nitrogens is 1. The molecule has 0 unspecified atom stereocenters. The van der Waals surface area contributed by atoms with Gasteiger partial charge in [0.2, 0.25) is 6.79 Å². The minimum Gasteiger partial charge on any atom is -0.454 e. The first-order chi connectivity index (χ1) is 9.75. The predicted molar refractivity (Wildman–Crippen MR) is 70.8 cm³/mol. The van der Waals surface area contributed by atoms with E-state index in [9.17, 15) is 9.59 Å². The number of aromatic nitrogens is 1. The number of carbonyl (C=O) groups excluding carboxylic acids is 1. The molecule has 0 fully saturated rings. The molecule has 6 nitrogen and oxygen atoms in total. The molecule has 102 valence electrons. The van der Waals surface area contributed by atoms with Crippen LogP contribution < -0.4 is 20.3 Å². The lowest BCUT2D eigenvalue weighted by molar-refractivity contribution is 0.0949. The molecule has 2 N–H and O–H groups in total. The summed E-state index contributed by atoms with van der Waals surface area (Å²) in [6.45, 7) is 0.443. The Bertz CT molecular complexity index is 708. The molecule has 0 saturated heterocycles. The fourth-order valence-corrected chi connectivity index (χ4v) is 2.00. The van der Waals surface area contributed by atoms with Gasteiger partial charge in [-0.2, -0.15) is 0 Å². The van der Waals surface area contributed by atoms with E-state index in [-0.39, 0.29) is 18.9 Å². The molecule has 0 spiro atoms. The number of hydrogen-bond donors (Lipinski definition) is 2. The van der Waals surface area contributed by atoms with Crippen LogP contribution in [0.3, 0.4) is 0 Å². The van der Waals surface area contributed by atoms with E-state index < -0.39 is 11.5 Å². The van der Waals surface area contributed by atoms with E-state index in [1.165, 1.54) is 12.3 Å². The SMILES string of the molecule is O=C(NCc1cccc2c1OCO2)c1ccc[nH]c1=O. The minimum atomic E-state index is -0.427. The van der Waals surface area contributed by atoms with E-state index in [1.54, 1.807) is 12.1 Å². The number of nitrogens with one attached hydrogen (secondary N) is 2. The number of pyridine rings is 1. The fraction of sp³-hybridized carbons (Fsp3) is 0.143. The van der Waals surface area contributed by atoms with Gasteiger partial charge in [-0.15, -0.1) is 0 Å². The van der Waals surface area contributed by atoms with E-state index in [4.69, 9.17) is 9.47 Å². The molecule has 1 aromatic carbocycles. The number of benzene rings is 1. The minimum absolute atomic E-state index is 0.0808. The average molecular weight is 272 g/mol. The Labute approximate surface area is 114 Å². The van der Waals surface area contributed by atoms with Gasteiger partial charge >= 0.3 is 0 Å². The number of ether oxygens (including phenoxy) is 2. The highest BCUT2D eigenvalue weighted by atomic mass is 16.7. The second-order valence-corrected chi connectivity index (χ2v) is 4.25. The number of fused-ring (bicyclic) bond motifs is 1. The van der Waals surface area contributed by atoms with Crippen molar-refractivity contribution >= 4 is 5.91 Å². The summed E-state index contributed by atoms with van der Waals surface area (Å²) in [5, 5.41) is 2.69. The molecule has 0 bridgehead atoms. The van der Waals surface area contributed by atoms with Crippen molar-refractivity contribution in [2.75, 3.05) is 6.79 Å². The Morgan fingerprint density at radius 1 is 1.25 bits per heavy atom. The maximum atomic E-state index is 11.9. The highest BCUT2D eigenvalue weighted by Gasteiger charge is 2.18. The van der Waals surface area contributed by atoms with Gasteiger partial charge in [-0.05, 0) is 18.2 Å². The molecule has 1 amide bonds. The molecule has 1 aromatic heterocycles. The van der Waals surface area contributed by atoms with Crippen molar-refractivity contribution in [1.29, 1.82) is 0 Å². The smallest absolute Gasteiger partial charge is 0.260 e. The summed E-state index contributed by atoms with van der Waals surface area (Å²) in [7, 11) is 0. The van der Waals surface area contributed by atoms with Crippen LogP contribution in [0.5, 0.6) is 11.5 Å². The van der Waals surface area contributed by atoms with Crippen LogP contribution >= 0.6 is 0 Å². The van der Waals surface area contributed by atoms with Gasteiger partial charge in [0.05, 0.1) is 0 Å². The Balaban J connectivity index is 1.75. The van der Waals surface area contributed by atoms with Crippen LogP contribution in [0.4, 0.5) is 0 Å². The van der Waals surface area contributed by atoms with Gasteiger partial charge < -0.3 is 19.8 Å². The Morgan fingerprint density at radius 2 is 2.15 bits per heavy atom. The molecule has 1 aliphatic rings. The van der Waals surface area contributed by atoms with Crippen molar-refractivity contribution in [2.24, 2.45) is 0 Å². The second-order valence-electron chi connectivity index (χ2n) is 4.25. The molecule has 0 radical (unpaired) electrons. The molecule has 3 rings (SSSR count). The molecule has 0 aliphatic carbocycles. The monoisotopic (exact) mass is 272 g/mol. The quantitative estimate of drug-likeness (QED) is 0.874. The molecule has 0 atom stereocenters. The van der Waals surface area contributed by atoms with Crippen molar-refractivity contribution in [3.8, 4) is 11.5 Å². The molecule has 0 saturated carbocycles. The standard InChI is InChI=1S/C14H12N2O4/c17-13-10(4-2-6-15-13)14(18)16-7-9-3-1-5-11-12(9)20-8-19-11/h1-6H,7-8H2,(H,15,17)(H,16,18). The van der Waals surface area contributed by atoms with Gasteiger partial charge in [-0.1, -0.05) is 12.1 Å². The molecule has 20 heavy (non-hydrogen) atoms. The summed E-state index contributed by atoms with van der Waals surface area (Å²) in [6, 6.07) is 8.54. The molecule has 1 aliphatic heterocycles. The van der Waals surface area contributed by atoms with Crippen molar-refractivity contribution in [3.05, 3.63) is 58.0 Å². The largest absolute Gasteiger partial charge is 0.454 e. The van der Waals surface area contributed by atoms with Gasteiger partial charge in [-0.25, -0.2) is 0 Å². The summed E-state index contributed by atoms with van der Waals surface area (Å²) in [5.74, 6) is 0.868. The van der Waals surface area contributed by atoms with Crippen LogP contribution in [0.15, 0.2) is 41.3 Å². The van der Waals surface area contributed by atoms with Crippen molar-refractivity contribution in [1.82, 2.24) is 10.3 Å². The lowest BCUT2D eigenvalue weighted by Gasteiger charge is -2.07. The summed E-state index contributed by atoms with van der Waals surface area (Å²) in [5.41, 5.74) is 0.473. The summed E-state index contributed by atoms with van der Waals surface area (Å²) < 4.78 is 10.6. The molecule has 2 heterocycles. The zero-order chi connectivity index (χ0) is 13.9. The number of para-hydroxylation sites is 1. The first kappa shape index (κ1) is 12.3. The highest BCUT2D eigenvalue weighted by Crippen LogP contribution is 2.35. The van der Waals surface area contributed by atoms with E-state index in [1.807, 2.05) is 12.1 Å². The number of amides is 1. The van der Waals surface area contributed by atoms with Crippen molar-refractivity contribution in [3.63, 3.8) is 0 Å². The zero-order valence-corrected chi connectivity index (χ0v) is 10.5. The molecule has 6 heteroatoms. The fourth-order valence-electron chi connectivity index (χ4n) is 2.00. The summed E-state index contributed by atoms with van der Waals surface area (Å²) in [6.07, 6.45) is 1.48. The molecular weight excluding hydrogens is 260 g/mol. The number of aromatic amines is 1. The predicted octanol–water partition coefficient (Wildman–Crippen LogP) is 1.03. The van der Waals surface area contributed by atoms with Gasteiger partial charge in [0.25, 0.3) is 11.5 Å². The van der Waals surface area contributed by atoms with Crippen LogP contribution in [0, 0.1) is 0 Å². The number of hydrogen-bond acceptors (Lipinski definition) is 4. The number of carbonyl (C=O) groups is 1. The second kappa shape index (κ2) is 5.08. The lowest BCUT2D eigenvalue weighted by atomic mass is 10.2. The Kier molecular flexibility index (Phi) is 3.12. The third-order valence-corrected chi connectivity index (χ3v) is 2.98.